The average molecular weight is 597 g/mol. The first-order chi connectivity index (χ1) is 20.6. The number of rotatable bonds is 7. The molecule has 0 radical (unpaired) electrons. The third-order valence-electron chi connectivity index (χ3n) is 6.57. The van der Waals surface area contributed by atoms with Crippen molar-refractivity contribution in [2.24, 2.45) is 0 Å². The highest BCUT2D eigenvalue weighted by atomic mass is 32.2. The molecular formula is C29H20N6O7S. The lowest BCUT2D eigenvalue weighted by Gasteiger charge is -2.14. The molecule has 0 fully saturated rings. The number of para-hydroxylation sites is 1. The third-order valence-corrected chi connectivity index (χ3v) is 7.93. The van der Waals surface area contributed by atoms with Crippen LogP contribution in [0, 0.1) is 17.0 Å². The number of aryl methyl sites for hydroxylation is 1. The van der Waals surface area contributed by atoms with Crippen molar-refractivity contribution in [2.75, 3.05) is 4.72 Å². The second-order valence-corrected chi connectivity index (χ2v) is 11.1. The molecule has 0 bridgehead atoms. The van der Waals surface area contributed by atoms with Crippen LogP contribution in [-0.4, -0.2) is 28.2 Å². The summed E-state index contributed by atoms with van der Waals surface area (Å²) in [5, 5.41) is 27.0. The fraction of sp³-hybridized carbons (Fsp3) is 0.0345. The molecule has 0 atom stereocenters. The molecule has 0 saturated heterocycles. The summed E-state index contributed by atoms with van der Waals surface area (Å²) >= 11 is 0. The van der Waals surface area contributed by atoms with Crippen LogP contribution in [-0.2, 0) is 10.0 Å². The van der Waals surface area contributed by atoms with E-state index in [4.69, 9.17) is 0 Å². The summed E-state index contributed by atoms with van der Waals surface area (Å²) in [5.74, 6) is -1.000. The van der Waals surface area contributed by atoms with Crippen molar-refractivity contribution < 1.29 is 27.7 Å². The smallest absolute Gasteiger partial charge is 0.373 e. The summed E-state index contributed by atoms with van der Waals surface area (Å²) in [6, 6.07) is 24.9. The zero-order valence-corrected chi connectivity index (χ0v) is 23.1. The first kappa shape index (κ1) is 27.3. The van der Waals surface area contributed by atoms with Crippen molar-refractivity contribution in [1.29, 1.82) is 0 Å². The van der Waals surface area contributed by atoms with Gasteiger partial charge in [0.25, 0.3) is 11.2 Å². The van der Waals surface area contributed by atoms with Crippen LogP contribution in [0.5, 0.6) is 5.95 Å². The molecule has 6 aromatic rings. The number of fused-ring (bicyclic) bond motifs is 1. The van der Waals surface area contributed by atoms with E-state index in [0.29, 0.717) is 27.8 Å². The summed E-state index contributed by atoms with van der Waals surface area (Å²) in [5.41, 5.74) is 1.76. The van der Waals surface area contributed by atoms with E-state index < -0.39 is 31.5 Å². The number of nitro groups is 1. The Kier molecular flexibility index (Phi) is 6.66. The minimum absolute atomic E-state index is 0.0819. The van der Waals surface area contributed by atoms with Gasteiger partial charge in [-0.3, -0.25) is 24.2 Å². The number of nitro benzene ring substituents is 1. The van der Waals surface area contributed by atoms with Crippen LogP contribution >= 0.6 is 0 Å². The summed E-state index contributed by atoms with van der Waals surface area (Å²) in [6.07, 6.45) is 0. The lowest BCUT2D eigenvalue weighted by molar-refractivity contribution is -0.706. The Hall–Kier alpha value is -5.89. The van der Waals surface area contributed by atoms with Crippen LogP contribution < -0.4 is 20.1 Å². The van der Waals surface area contributed by atoms with Crippen molar-refractivity contribution in [3.05, 3.63) is 123 Å². The van der Waals surface area contributed by atoms with Gasteiger partial charge < -0.3 is 9.63 Å². The molecular weight excluding hydrogens is 576 g/mol. The van der Waals surface area contributed by atoms with E-state index in [-0.39, 0.29) is 17.2 Å². The molecule has 14 heteroatoms. The van der Waals surface area contributed by atoms with Gasteiger partial charge in [0.15, 0.2) is 5.95 Å². The first-order valence-corrected chi connectivity index (χ1v) is 14.2. The summed E-state index contributed by atoms with van der Waals surface area (Å²) in [6.45, 7) is 1.86. The van der Waals surface area contributed by atoms with Crippen LogP contribution in [0.15, 0.2) is 111 Å². The average Bonchev–Trinajstić information content (AvgIpc) is 3.40. The molecule has 0 aliphatic carbocycles. The second-order valence-electron chi connectivity index (χ2n) is 9.47. The molecule has 1 N–H and O–H groups in total. The normalized spacial score (nSPS) is 11.5. The first-order valence-electron chi connectivity index (χ1n) is 12.7. The molecule has 6 rings (SSSR count). The number of sulfonamides is 1. The SMILES string of the molecule is Cc1ccc(-[n+]2noc([O-])c2S(=O)(=O)Nc2ccc(-n3c(-c4cccc([N+](=O)[O-])c4)nc4ccccc4c3=O)cc2)cc1. The number of non-ortho nitro benzene ring substituents is 1. The number of aromatic nitrogens is 4. The van der Waals surface area contributed by atoms with E-state index in [0.717, 1.165) is 10.2 Å². The second kappa shape index (κ2) is 10.5. The Bertz CT molecular complexity index is 2190. The highest BCUT2D eigenvalue weighted by Crippen LogP contribution is 2.27. The topological polar surface area (TPSA) is 177 Å². The van der Waals surface area contributed by atoms with E-state index in [2.05, 4.69) is 19.5 Å². The molecule has 0 spiro atoms. The lowest BCUT2D eigenvalue weighted by atomic mass is 10.1. The molecule has 4 aromatic carbocycles. The van der Waals surface area contributed by atoms with Gasteiger partial charge in [0.05, 0.1) is 26.8 Å². The highest BCUT2D eigenvalue weighted by Gasteiger charge is 2.33. The fourth-order valence-corrected chi connectivity index (χ4v) is 5.69. The van der Waals surface area contributed by atoms with Gasteiger partial charge in [-0.2, -0.15) is 8.42 Å². The Morgan fingerprint density at radius 2 is 1.67 bits per heavy atom. The molecule has 2 aromatic heterocycles. The monoisotopic (exact) mass is 596 g/mol. The largest absolute Gasteiger partial charge is 0.538 e. The molecule has 2 heterocycles. The van der Waals surface area contributed by atoms with Gasteiger partial charge in [-0.05, 0) is 48.0 Å². The van der Waals surface area contributed by atoms with Gasteiger partial charge in [-0.25, -0.2) is 4.98 Å². The maximum Gasteiger partial charge on any atom is 0.373 e. The number of benzene rings is 4. The van der Waals surface area contributed by atoms with E-state index in [1.54, 1.807) is 54.6 Å². The van der Waals surface area contributed by atoms with Crippen LogP contribution in [0.25, 0.3) is 33.7 Å². The molecule has 13 nitrogen and oxygen atoms in total. The number of anilines is 1. The van der Waals surface area contributed by atoms with E-state index in [1.807, 2.05) is 6.92 Å². The van der Waals surface area contributed by atoms with Crippen LogP contribution in [0.4, 0.5) is 11.4 Å². The summed E-state index contributed by atoms with van der Waals surface area (Å²) in [4.78, 5) is 29.2. The zero-order chi connectivity index (χ0) is 30.3. The van der Waals surface area contributed by atoms with Gasteiger partial charge in [-0.15, -0.1) is 0 Å². The Labute approximate surface area is 243 Å². The van der Waals surface area contributed by atoms with E-state index in [9.17, 15) is 28.4 Å². The molecule has 0 unspecified atom stereocenters. The van der Waals surface area contributed by atoms with Gasteiger partial charge in [0.1, 0.15) is 5.82 Å². The van der Waals surface area contributed by atoms with Crippen LogP contribution in [0.1, 0.15) is 5.56 Å². The molecule has 214 valence electrons. The fourth-order valence-electron chi connectivity index (χ4n) is 4.52. The van der Waals surface area contributed by atoms with Crippen molar-refractivity contribution >= 4 is 32.3 Å². The number of nitrogens with one attached hydrogen (secondary N) is 1. The maximum absolute atomic E-state index is 13.7. The minimum atomic E-state index is -4.47. The van der Waals surface area contributed by atoms with E-state index in [1.165, 1.54) is 47.0 Å². The summed E-state index contributed by atoms with van der Waals surface area (Å²) < 4.78 is 35.7. The Morgan fingerprint density at radius 1 is 0.953 bits per heavy atom. The van der Waals surface area contributed by atoms with Crippen LogP contribution in [0.3, 0.4) is 0 Å². The van der Waals surface area contributed by atoms with Gasteiger partial charge in [-0.1, -0.05) is 42.0 Å². The van der Waals surface area contributed by atoms with Crippen LogP contribution in [0.2, 0.25) is 0 Å². The Morgan fingerprint density at radius 3 is 2.40 bits per heavy atom. The molecule has 0 amide bonds. The standard InChI is InChI=1S/C29H20N6O7S/c1-18-9-13-22(14-10-18)34-28(29(37)42-32-34)43(40,41)31-20-11-15-21(16-12-20)33-26(19-5-4-6-23(17-19)35(38)39)30-25-8-3-2-7-24(25)27(33)36/h2-17,31H,1H3. The third kappa shape index (κ3) is 5.06. The predicted octanol–water partition coefficient (Wildman–Crippen LogP) is 3.41. The Balaban J connectivity index is 1.41. The zero-order valence-electron chi connectivity index (χ0n) is 22.2. The summed E-state index contributed by atoms with van der Waals surface area (Å²) in [7, 11) is -4.47. The number of hydrogen-bond acceptors (Lipinski definition) is 9. The van der Waals surface area contributed by atoms with Gasteiger partial charge in [0, 0.05) is 35.5 Å². The van der Waals surface area contributed by atoms with E-state index >= 15 is 0 Å². The predicted molar refractivity (Wildman–Crippen MR) is 152 cm³/mol. The highest BCUT2D eigenvalue weighted by molar-refractivity contribution is 7.92. The molecule has 43 heavy (non-hydrogen) atoms. The van der Waals surface area contributed by atoms with Crippen molar-refractivity contribution in [2.45, 2.75) is 11.9 Å². The molecule has 0 saturated carbocycles. The van der Waals surface area contributed by atoms with Gasteiger partial charge >= 0.3 is 15.0 Å². The van der Waals surface area contributed by atoms with Gasteiger partial charge in [0.2, 0.25) is 5.69 Å². The van der Waals surface area contributed by atoms with Crippen molar-refractivity contribution in [3.63, 3.8) is 0 Å². The maximum atomic E-state index is 13.7. The lowest BCUT2D eigenvalue weighted by Crippen LogP contribution is -2.40. The number of nitrogens with zero attached hydrogens (tertiary/aromatic N) is 5. The minimum Gasteiger partial charge on any atom is -0.538 e. The quantitative estimate of drug-likeness (QED) is 0.164. The number of hydrogen-bond donors (Lipinski definition) is 1. The molecule has 0 aliphatic rings. The molecule has 0 aliphatic heterocycles. The van der Waals surface area contributed by atoms with Crippen molar-refractivity contribution in [3.8, 4) is 28.7 Å². The van der Waals surface area contributed by atoms with Crippen molar-refractivity contribution in [1.82, 2.24) is 14.8 Å².